The molecule has 2 rings (SSSR count). The lowest BCUT2D eigenvalue weighted by molar-refractivity contribution is 0.142. The normalized spacial score (nSPS) is 14.1. The second kappa shape index (κ2) is 6.33. The fraction of sp³-hybridized carbons (Fsp3) is 0.375. The van der Waals surface area contributed by atoms with Crippen molar-refractivity contribution in [3.05, 3.63) is 52.4 Å². The molecule has 0 aliphatic carbocycles. The Balaban J connectivity index is 2.28. The molecule has 0 amide bonds. The number of furan rings is 1. The molecule has 108 valence electrons. The van der Waals surface area contributed by atoms with Gasteiger partial charge < -0.3 is 14.9 Å². The molecule has 0 aliphatic heterocycles. The minimum atomic E-state index is -0.298. The van der Waals surface area contributed by atoms with E-state index in [1.165, 1.54) is 0 Å². The molecule has 0 aliphatic rings. The van der Waals surface area contributed by atoms with Gasteiger partial charge in [-0.15, -0.1) is 0 Å². The molecule has 3 nitrogen and oxygen atoms in total. The van der Waals surface area contributed by atoms with E-state index in [0.29, 0.717) is 5.02 Å². The summed E-state index contributed by atoms with van der Waals surface area (Å²) in [5, 5.41) is 0.694. The van der Waals surface area contributed by atoms with E-state index in [4.69, 9.17) is 26.5 Å². The summed E-state index contributed by atoms with van der Waals surface area (Å²) in [7, 11) is 0. The second-order valence-electron chi connectivity index (χ2n) is 4.97. The number of halogens is 1. The fourth-order valence-corrected chi connectivity index (χ4v) is 2.29. The molecule has 20 heavy (non-hydrogen) atoms. The van der Waals surface area contributed by atoms with Crippen LogP contribution < -0.4 is 10.5 Å². The maximum absolute atomic E-state index is 6.18. The first-order valence-electron chi connectivity index (χ1n) is 6.76. The van der Waals surface area contributed by atoms with Crippen LogP contribution >= 0.6 is 11.6 Å². The van der Waals surface area contributed by atoms with Crippen molar-refractivity contribution in [3.63, 3.8) is 0 Å². The Bertz CT molecular complexity index is 580. The van der Waals surface area contributed by atoms with Crippen molar-refractivity contribution >= 4 is 11.6 Å². The van der Waals surface area contributed by atoms with Gasteiger partial charge in [0.15, 0.2) is 6.10 Å². The van der Waals surface area contributed by atoms with Crippen molar-refractivity contribution in [2.45, 2.75) is 39.3 Å². The van der Waals surface area contributed by atoms with Crippen molar-refractivity contribution in [2.75, 3.05) is 0 Å². The zero-order valence-corrected chi connectivity index (χ0v) is 12.8. The minimum absolute atomic E-state index is 0.129. The first-order chi connectivity index (χ1) is 9.51. The molecule has 2 aromatic rings. The average molecular weight is 294 g/mol. The van der Waals surface area contributed by atoms with Gasteiger partial charge in [-0.1, -0.05) is 18.5 Å². The van der Waals surface area contributed by atoms with Gasteiger partial charge in [0.05, 0.1) is 0 Å². The van der Waals surface area contributed by atoms with Crippen LogP contribution in [0.3, 0.4) is 0 Å². The second-order valence-corrected chi connectivity index (χ2v) is 5.41. The molecule has 1 aromatic heterocycles. The summed E-state index contributed by atoms with van der Waals surface area (Å²) in [5.41, 5.74) is 7.16. The standard InChI is InChI=1S/C16H20ClNO2/c1-4-13(18)16(15-7-5-11(3)19-15)20-14-8-6-12(17)9-10(14)2/h5-9,13,16H,4,18H2,1-3H3. The average Bonchev–Trinajstić information content (AvgIpc) is 2.83. The zero-order valence-electron chi connectivity index (χ0n) is 12.0. The summed E-state index contributed by atoms with van der Waals surface area (Å²) >= 11 is 5.96. The highest BCUT2D eigenvalue weighted by atomic mass is 35.5. The predicted molar refractivity (Wildman–Crippen MR) is 81.3 cm³/mol. The largest absolute Gasteiger partial charge is 0.481 e. The van der Waals surface area contributed by atoms with Crippen molar-refractivity contribution in [3.8, 4) is 5.75 Å². The predicted octanol–water partition coefficient (Wildman–Crippen LogP) is 4.41. The fourth-order valence-electron chi connectivity index (χ4n) is 2.06. The van der Waals surface area contributed by atoms with Crippen LogP contribution in [0, 0.1) is 13.8 Å². The molecular formula is C16H20ClNO2. The van der Waals surface area contributed by atoms with E-state index < -0.39 is 0 Å². The van der Waals surface area contributed by atoms with Crippen molar-refractivity contribution in [1.29, 1.82) is 0 Å². The number of rotatable bonds is 5. The molecule has 0 fully saturated rings. The van der Waals surface area contributed by atoms with Crippen molar-refractivity contribution in [2.24, 2.45) is 5.73 Å². The Morgan fingerprint density at radius 2 is 2.00 bits per heavy atom. The van der Waals surface area contributed by atoms with Gasteiger partial charge in [0.25, 0.3) is 0 Å². The van der Waals surface area contributed by atoms with E-state index >= 15 is 0 Å². The summed E-state index contributed by atoms with van der Waals surface area (Å²) in [4.78, 5) is 0. The molecule has 2 unspecified atom stereocenters. The Hall–Kier alpha value is -1.45. The zero-order chi connectivity index (χ0) is 14.7. The maximum Gasteiger partial charge on any atom is 0.171 e. The summed E-state index contributed by atoms with van der Waals surface area (Å²) in [6, 6.07) is 9.26. The third-order valence-electron chi connectivity index (χ3n) is 3.29. The van der Waals surface area contributed by atoms with Gasteiger partial charge in [0.2, 0.25) is 0 Å². The van der Waals surface area contributed by atoms with Crippen LogP contribution in [0.4, 0.5) is 0 Å². The summed E-state index contributed by atoms with van der Waals surface area (Å²) in [6.45, 7) is 5.90. The van der Waals surface area contributed by atoms with E-state index in [1.54, 1.807) is 0 Å². The lowest BCUT2D eigenvalue weighted by Crippen LogP contribution is -2.31. The number of benzene rings is 1. The summed E-state index contributed by atoms with van der Waals surface area (Å²) < 4.78 is 11.7. The van der Waals surface area contributed by atoms with Gasteiger partial charge >= 0.3 is 0 Å². The summed E-state index contributed by atoms with van der Waals surface area (Å²) in [5.74, 6) is 2.38. The van der Waals surface area contributed by atoms with Gasteiger partial charge in [-0.3, -0.25) is 0 Å². The van der Waals surface area contributed by atoms with Crippen molar-refractivity contribution in [1.82, 2.24) is 0 Å². The van der Waals surface area contributed by atoms with E-state index in [2.05, 4.69) is 0 Å². The number of ether oxygens (including phenoxy) is 1. The highest BCUT2D eigenvalue weighted by molar-refractivity contribution is 6.30. The van der Waals surface area contributed by atoms with Gasteiger partial charge in [0.1, 0.15) is 17.3 Å². The SMILES string of the molecule is CCC(N)C(Oc1ccc(Cl)cc1C)c1ccc(C)o1. The van der Waals surface area contributed by atoms with E-state index in [9.17, 15) is 0 Å². The molecule has 0 saturated heterocycles. The Labute approximate surface area is 124 Å². The van der Waals surface area contributed by atoms with Gasteiger partial charge in [-0.2, -0.15) is 0 Å². The molecule has 0 saturated carbocycles. The molecule has 1 aromatic carbocycles. The van der Waals surface area contributed by atoms with Gasteiger partial charge in [-0.25, -0.2) is 0 Å². The first-order valence-corrected chi connectivity index (χ1v) is 7.13. The van der Waals surface area contributed by atoms with E-state index in [1.807, 2.05) is 51.1 Å². The molecule has 0 bridgehead atoms. The highest BCUT2D eigenvalue weighted by Gasteiger charge is 2.24. The van der Waals surface area contributed by atoms with Crippen LogP contribution in [-0.4, -0.2) is 6.04 Å². The quantitative estimate of drug-likeness (QED) is 0.888. The number of aryl methyl sites for hydroxylation is 2. The molecule has 2 N–H and O–H groups in total. The van der Waals surface area contributed by atoms with Crippen molar-refractivity contribution < 1.29 is 9.15 Å². The van der Waals surface area contributed by atoms with Gasteiger partial charge in [0, 0.05) is 11.1 Å². The smallest absolute Gasteiger partial charge is 0.171 e. The Morgan fingerprint density at radius 3 is 2.55 bits per heavy atom. The molecule has 0 spiro atoms. The Morgan fingerprint density at radius 1 is 1.25 bits per heavy atom. The lowest BCUT2D eigenvalue weighted by Gasteiger charge is -2.23. The molecule has 0 radical (unpaired) electrons. The first kappa shape index (κ1) is 14.9. The molecule has 2 atom stereocenters. The topological polar surface area (TPSA) is 48.4 Å². The van der Waals surface area contributed by atoms with Gasteiger partial charge in [-0.05, 0) is 56.2 Å². The molecule has 4 heteroatoms. The van der Waals surface area contributed by atoms with E-state index in [-0.39, 0.29) is 12.1 Å². The van der Waals surface area contributed by atoms with Crippen LogP contribution in [0.15, 0.2) is 34.7 Å². The number of hydrogen-bond donors (Lipinski definition) is 1. The third-order valence-corrected chi connectivity index (χ3v) is 3.53. The van der Waals surface area contributed by atoms with Crippen LogP contribution in [0.1, 0.15) is 36.5 Å². The summed E-state index contributed by atoms with van der Waals surface area (Å²) in [6.07, 6.45) is 0.505. The highest BCUT2D eigenvalue weighted by Crippen LogP contribution is 2.30. The number of hydrogen-bond acceptors (Lipinski definition) is 3. The Kier molecular flexibility index (Phi) is 4.73. The molecule has 1 heterocycles. The van der Waals surface area contributed by atoms with Crippen LogP contribution in [-0.2, 0) is 0 Å². The van der Waals surface area contributed by atoms with Crippen LogP contribution in [0.5, 0.6) is 5.75 Å². The minimum Gasteiger partial charge on any atom is -0.481 e. The van der Waals surface area contributed by atoms with E-state index in [0.717, 1.165) is 29.3 Å². The molecular weight excluding hydrogens is 274 g/mol. The monoisotopic (exact) mass is 293 g/mol. The lowest BCUT2D eigenvalue weighted by atomic mass is 10.1. The van der Waals surface area contributed by atoms with Crippen LogP contribution in [0.25, 0.3) is 0 Å². The maximum atomic E-state index is 6.18. The third kappa shape index (κ3) is 3.35. The van der Waals surface area contributed by atoms with Crippen LogP contribution in [0.2, 0.25) is 5.02 Å². The number of nitrogens with two attached hydrogens (primary N) is 1.